The lowest BCUT2D eigenvalue weighted by Gasteiger charge is -2.09. The van der Waals surface area contributed by atoms with E-state index in [1.165, 1.54) is 12.7 Å². The van der Waals surface area contributed by atoms with Crippen LogP contribution in [-0.2, 0) is 22.4 Å². The zero-order chi connectivity index (χ0) is 12.0. The quantitative estimate of drug-likeness (QED) is 0.717. The number of methoxy groups -OCH3 is 2. The minimum atomic E-state index is -0.244. The van der Waals surface area contributed by atoms with Crippen molar-refractivity contribution in [2.24, 2.45) is 0 Å². The fourth-order valence-electron chi connectivity index (χ4n) is 1.64. The van der Waals surface area contributed by atoms with Gasteiger partial charge in [0.15, 0.2) is 0 Å². The second-order valence-electron chi connectivity index (χ2n) is 3.65. The van der Waals surface area contributed by atoms with Crippen molar-refractivity contribution in [2.45, 2.75) is 26.2 Å². The number of aryl methyl sites for hydroxylation is 1. The summed E-state index contributed by atoms with van der Waals surface area (Å²) in [6, 6.07) is 5.95. The Morgan fingerprint density at radius 3 is 2.62 bits per heavy atom. The molecule has 0 saturated carbocycles. The molecule has 3 heteroatoms. The number of carbonyl (C=O) groups excluding carboxylic acids is 1. The first-order valence-corrected chi connectivity index (χ1v) is 5.43. The summed E-state index contributed by atoms with van der Waals surface area (Å²) in [6.07, 6.45) is 2.36. The number of hydrogen-bond acceptors (Lipinski definition) is 3. The highest BCUT2D eigenvalue weighted by Crippen LogP contribution is 2.21. The van der Waals surface area contributed by atoms with Gasteiger partial charge in [-0.15, -0.1) is 0 Å². The molecule has 0 heterocycles. The lowest BCUT2D eigenvalue weighted by molar-refractivity contribution is -0.139. The van der Waals surface area contributed by atoms with Crippen LogP contribution >= 0.6 is 0 Å². The van der Waals surface area contributed by atoms with Crippen LogP contribution in [-0.4, -0.2) is 20.2 Å². The van der Waals surface area contributed by atoms with Crippen LogP contribution in [0.25, 0.3) is 0 Å². The summed E-state index contributed by atoms with van der Waals surface area (Å²) < 4.78 is 9.88. The van der Waals surface area contributed by atoms with Crippen molar-refractivity contribution >= 4 is 5.97 Å². The molecule has 0 amide bonds. The second-order valence-corrected chi connectivity index (χ2v) is 3.65. The Bertz CT molecular complexity index is 358. The van der Waals surface area contributed by atoms with E-state index in [1.54, 1.807) is 7.11 Å². The molecule has 16 heavy (non-hydrogen) atoms. The molecule has 0 radical (unpaired) electrons. The van der Waals surface area contributed by atoms with Crippen molar-refractivity contribution < 1.29 is 14.3 Å². The summed E-state index contributed by atoms with van der Waals surface area (Å²) in [6.45, 7) is 2.13. The van der Waals surface area contributed by atoms with E-state index in [-0.39, 0.29) is 12.4 Å². The third-order valence-electron chi connectivity index (χ3n) is 2.45. The third kappa shape index (κ3) is 3.26. The molecule has 0 saturated heterocycles. The number of benzene rings is 1. The second kappa shape index (κ2) is 6.16. The summed E-state index contributed by atoms with van der Waals surface area (Å²) in [7, 11) is 3.00. The van der Waals surface area contributed by atoms with Gasteiger partial charge in [-0.05, 0) is 18.1 Å². The maximum atomic E-state index is 11.2. The van der Waals surface area contributed by atoms with E-state index in [2.05, 4.69) is 11.7 Å². The van der Waals surface area contributed by atoms with Gasteiger partial charge in [0.25, 0.3) is 0 Å². The first-order chi connectivity index (χ1) is 7.71. The summed E-state index contributed by atoms with van der Waals surface area (Å²) in [5.74, 6) is 0.497. The minimum Gasteiger partial charge on any atom is -0.496 e. The molecule has 88 valence electrons. The summed E-state index contributed by atoms with van der Waals surface area (Å²) in [4.78, 5) is 11.2. The van der Waals surface area contributed by atoms with Gasteiger partial charge in [-0.1, -0.05) is 25.5 Å². The topological polar surface area (TPSA) is 35.5 Å². The average Bonchev–Trinajstić information content (AvgIpc) is 2.30. The van der Waals surface area contributed by atoms with Gasteiger partial charge in [0.2, 0.25) is 0 Å². The van der Waals surface area contributed by atoms with Gasteiger partial charge in [-0.2, -0.15) is 0 Å². The van der Waals surface area contributed by atoms with E-state index in [0.717, 1.165) is 24.2 Å². The summed E-state index contributed by atoms with van der Waals surface area (Å²) >= 11 is 0. The van der Waals surface area contributed by atoms with Crippen LogP contribution < -0.4 is 4.74 Å². The van der Waals surface area contributed by atoms with E-state index in [9.17, 15) is 4.79 Å². The van der Waals surface area contributed by atoms with Crippen LogP contribution in [0.2, 0.25) is 0 Å². The molecular formula is C13H18O3. The van der Waals surface area contributed by atoms with Crippen molar-refractivity contribution in [1.29, 1.82) is 0 Å². The smallest absolute Gasteiger partial charge is 0.310 e. The lowest BCUT2D eigenvalue weighted by atomic mass is 10.0. The molecule has 0 aliphatic carbocycles. The molecule has 3 nitrogen and oxygen atoms in total. The van der Waals surface area contributed by atoms with Gasteiger partial charge in [0.1, 0.15) is 5.75 Å². The number of carbonyl (C=O) groups is 1. The molecular weight excluding hydrogens is 204 g/mol. The van der Waals surface area contributed by atoms with Gasteiger partial charge in [0, 0.05) is 5.56 Å². The van der Waals surface area contributed by atoms with Crippen LogP contribution in [0.4, 0.5) is 0 Å². The standard InChI is InChI=1S/C13H18O3/c1-4-5-10-6-7-12(15-2)11(8-10)9-13(14)16-3/h6-8H,4-5,9H2,1-3H3. The van der Waals surface area contributed by atoms with Gasteiger partial charge >= 0.3 is 5.97 Å². The minimum absolute atomic E-state index is 0.244. The lowest BCUT2D eigenvalue weighted by Crippen LogP contribution is -2.06. The van der Waals surface area contributed by atoms with Gasteiger partial charge in [-0.25, -0.2) is 0 Å². The zero-order valence-corrected chi connectivity index (χ0v) is 10.1. The van der Waals surface area contributed by atoms with E-state index in [0.29, 0.717) is 0 Å². The van der Waals surface area contributed by atoms with Crippen molar-refractivity contribution in [3.8, 4) is 5.75 Å². The highest BCUT2D eigenvalue weighted by Gasteiger charge is 2.09. The normalized spacial score (nSPS) is 9.94. The Morgan fingerprint density at radius 2 is 2.06 bits per heavy atom. The fraction of sp³-hybridized carbons (Fsp3) is 0.462. The molecule has 0 spiro atoms. The predicted octanol–water partition coefficient (Wildman–Crippen LogP) is 2.36. The van der Waals surface area contributed by atoms with Gasteiger partial charge < -0.3 is 9.47 Å². The number of rotatable bonds is 5. The van der Waals surface area contributed by atoms with E-state index >= 15 is 0 Å². The first kappa shape index (κ1) is 12.6. The highest BCUT2D eigenvalue weighted by molar-refractivity contribution is 5.73. The van der Waals surface area contributed by atoms with Gasteiger partial charge in [0.05, 0.1) is 20.6 Å². The highest BCUT2D eigenvalue weighted by atomic mass is 16.5. The van der Waals surface area contributed by atoms with Crippen molar-refractivity contribution in [2.75, 3.05) is 14.2 Å². The maximum absolute atomic E-state index is 11.2. The molecule has 0 atom stereocenters. The molecule has 0 aliphatic heterocycles. The molecule has 0 unspecified atom stereocenters. The molecule has 1 aromatic rings. The Balaban J connectivity index is 2.92. The molecule has 0 aliphatic rings. The Labute approximate surface area is 96.4 Å². The third-order valence-corrected chi connectivity index (χ3v) is 2.45. The first-order valence-electron chi connectivity index (χ1n) is 5.43. The molecule has 0 N–H and O–H groups in total. The Morgan fingerprint density at radius 1 is 1.31 bits per heavy atom. The summed E-state index contributed by atoms with van der Waals surface area (Å²) in [5.41, 5.74) is 2.11. The average molecular weight is 222 g/mol. The van der Waals surface area contributed by atoms with Gasteiger partial charge in [-0.3, -0.25) is 4.79 Å². The fourth-order valence-corrected chi connectivity index (χ4v) is 1.64. The monoisotopic (exact) mass is 222 g/mol. The molecule has 0 fully saturated rings. The van der Waals surface area contributed by atoms with Crippen molar-refractivity contribution in [3.63, 3.8) is 0 Å². The van der Waals surface area contributed by atoms with Crippen molar-refractivity contribution in [3.05, 3.63) is 29.3 Å². The molecule has 1 aromatic carbocycles. The number of hydrogen-bond donors (Lipinski definition) is 0. The van der Waals surface area contributed by atoms with Crippen LogP contribution in [0.5, 0.6) is 5.75 Å². The Hall–Kier alpha value is -1.51. The van der Waals surface area contributed by atoms with E-state index < -0.39 is 0 Å². The Kier molecular flexibility index (Phi) is 4.83. The van der Waals surface area contributed by atoms with E-state index in [1.807, 2.05) is 18.2 Å². The molecule has 0 bridgehead atoms. The molecule has 0 aromatic heterocycles. The van der Waals surface area contributed by atoms with Crippen LogP contribution in [0.3, 0.4) is 0 Å². The van der Waals surface area contributed by atoms with Crippen LogP contribution in [0.1, 0.15) is 24.5 Å². The zero-order valence-electron chi connectivity index (χ0n) is 10.1. The predicted molar refractivity (Wildman–Crippen MR) is 62.7 cm³/mol. The number of esters is 1. The van der Waals surface area contributed by atoms with E-state index in [4.69, 9.17) is 4.74 Å². The molecule has 1 rings (SSSR count). The van der Waals surface area contributed by atoms with Crippen LogP contribution in [0.15, 0.2) is 18.2 Å². The van der Waals surface area contributed by atoms with Crippen molar-refractivity contribution in [1.82, 2.24) is 0 Å². The maximum Gasteiger partial charge on any atom is 0.310 e. The SMILES string of the molecule is CCCc1ccc(OC)c(CC(=O)OC)c1. The number of ether oxygens (including phenoxy) is 2. The van der Waals surface area contributed by atoms with Crippen LogP contribution in [0, 0.1) is 0 Å². The largest absolute Gasteiger partial charge is 0.496 e. The summed E-state index contributed by atoms with van der Waals surface area (Å²) in [5, 5.41) is 0.